The predicted octanol–water partition coefficient (Wildman–Crippen LogP) is 4.10. The summed E-state index contributed by atoms with van der Waals surface area (Å²) < 4.78 is 7.57. The highest BCUT2D eigenvalue weighted by molar-refractivity contribution is 5.86. The second kappa shape index (κ2) is 9.02. The number of rotatable bonds is 5. The van der Waals surface area contributed by atoms with Crippen molar-refractivity contribution >= 4 is 23.0 Å². The Kier molecular flexibility index (Phi) is 6.17. The van der Waals surface area contributed by atoms with Crippen LogP contribution in [0, 0.1) is 0 Å². The van der Waals surface area contributed by atoms with Crippen molar-refractivity contribution in [2.24, 2.45) is 0 Å². The van der Waals surface area contributed by atoms with Crippen LogP contribution in [-0.4, -0.2) is 44.6 Å². The van der Waals surface area contributed by atoms with E-state index >= 15 is 0 Å². The lowest BCUT2D eigenvalue weighted by atomic mass is 10.1. The Morgan fingerprint density at radius 1 is 1.09 bits per heavy atom. The van der Waals surface area contributed by atoms with Crippen LogP contribution in [0.3, 0.4) is 0 Å². The Hall–Kier alpha value is -3.35. The molecule has 3 aromatic rings. The number of hydrogen-bond donors (Lipinski definition) is 1. The third-order valence-corrected chi connectivity index (χ3v) is 5.55. The molecule has 1 saturated heterocycles. The van der Waals surface area contributed by atoms with E-state index in [1.54, 1.807) is 4.90 Å². The average molecular weight is 435 g/mol. The summed E-state index contributed by atoms with van der Waals surface area (Å²) in [7, 11) is 0. The summed E-state index contributed by atoms with van der Waals surface area (Å²) in [6.45, 7) is 7.19. The van der Waals surface area contributed by atoms with Crippen molar-refractivity contribution in [3.8, 4) is 0 Å². The van der Waals surface area contributed by atoms with Crippen LogP contribution in [-0.2, 0) is 22.6 Å². The number of para-hydroxylation sites is 2. The fourth-order valence-electron chi connectivity index (χ4n) is 3.98. The van der Waals surface area contributed by atoms with Crippen molar-refractivity contribution in [2.75, 3.05) is 6.54 Å². The van der Waals surface area contributed by atoms with Crippen LogP contribution in [0.25, 0.3) is 11.0 Å². The number of ether oxygens (including phenoxy) is 1. The number of carbonyl (C=O) groups excluding carboxylic acids is 2. The largest absolute Gasteiger partial charge is 0.444 e. The summed E-state index contributed by atoms with van der Waals surface area (Å²) in [6.07, 6.45) is 2.89. The summed E-state index contributed by atoms with van der Waals surface area (Å²) in [4.78, 5) is 31.1. The first-order valence-corrected chi connectivity index (χ1v) is 11.1. The number of aromatic nitrogens is 2. The lowest BCUT2D eigenvalue weighted by molar-refractivity contribution is -0.125. The molecule has 2 heterocycles. The van der Waals surface area contributed by atoms with Gasteiger partial charge in [0.1, 0.15) is 11.6 Å². The van der Waals surface area contributed by atoms with E-state index in [0.29, 0.717) is 19.5 Å². The topological polar surface area (TPSA) is 76.5 Å². The third kappa shape index (κ3) is 5.10. The van der Waals surface area contributed by atoms with Crippen LogP contribution in [0.2, 0.25) is 0 Å². The van der Waals surface area contributed by atoms with Gasteiger partial charge in [0, 0.05) is 19.6 Å². The van der Waals surface area contributed by atoms with Gasteiger partial charge < -0.3 is 14.6 Å². The van der Waals surface area contributed by atoms with Crippen molar-refractivity contribution in [1.82, 2.24) is 19.8 Å². The molecule has 7 heteroatoms. The molecule has 1 aliphatic rings. The Labute approximate surface area is 188 Å². The van der Waals surface area contributed by atoms with Gasteiger partial charge >= 0.3 is 6.09 Å². The molecule has 1 aromatic heterocycles. The number of amides is 2. The molecular weight excluding hydrogens is 404 g/mol. The van der Waals surface area contributed by atoms with Crippen LogP contribution >= 0.6 is 0 Å². The molecule has 32 heavy (non-hydrogen) atoms. The summed E-state index contributed by atoms with van der Waals surface area (Å²) in [5.41, 5.74) is 3.69. The monoisotopic (exact) mass is 434 g/mol. The normalized spacial score (nSPS) is 16.3. The van der Waals surface area contributed by atoms with Crippen molar-refractivity contribution in [1.29, 1.82) is 0 Å². The van der Waals surface area contributed by atoms with Gasteiger partial charge in [-0.25, -0.2) is 9.78 Å². The first kappa shape index (κ1) is 21.9. The van der Waals surface area contributed by atoms with Crippen LogP contribution in [0.15, 0.2) is 54.9 Å². The standard InChI is InChI=1S/C25H30N4O3/c1-25(2,3)32-24(31)29-14-6-9-22(29)23(30)26-15-18-10-12-19(13-11-18)16-28-17-27-20-7-4-5-8-21(20)28/h4-5,7-8,10-13,17,22H,6,9,14-16H2,1-3H3,(H,26,30). The summed E-state index contributed by atoms with van der Waals surface area (Å²) in [5, 5.41) is 2.97. The van der Waals surface area contributed by atoms with E-state index in [2.05, 4.69) is 33.1 Å². The molecule has 1 unspecified atom stereocenters. The molecule has 7 nitrogen and oxygen atoms in total. The number of imidazole rings is 1. The van der Waals surface area contributed by atoms with E-state index in [9.17, 15) is 9.59 Å². The smallest absolute Gasteiger partial charge is 0.410 e. The zero-order valence-electron chi connectivity index (χ0n) is 18.9. The molecule has 0 aliphatic carbocycles. The van der Waals surface area contributed by atoms with Gasteiger partial charge in [0.2, 0.25) is 5.91 Å². The highest BCUT2D eigenvalue weighted by Gasteiger charge is 2.36. The molecule has 2 amide bonds. The van der Waals surface area contributed by atoms with E-state index in [0.717, 1.165) is 35.1 Å². The zero-order valence-corrected chi connectivity index (χ0v) is 18.9. The van der Waals surface area contributed by atoms with Crippen LogP contribution in [0.5, 0.6) is 0 Å². The van der Waals surface area contributed by atoms with Gasteiger partial charge in [0.15, 0.2) is 0 Å². The second-order valence-corrected chi connectivity index (χ2v) is 9.23. The molecule has 168 valence electrons. The van der Waals surface area contributed by atoms with Crippen molar-refractivity contribution in [3.05, 3.63) is 66.0 Å². The van der Waals surface area contributed by atoms with Crippen LogP contribution < -0.4 is 5.32 Å². The average Bonchev–Trinajstić information content (AvgIpc) is 3.40. The van der Waals surface area contributed by atoms with Crippen molar-refractivity contribution < 1.29 is 14.3 Å². The number of fused-ring (bicyclic) bond motifs is 1. The van der Waals surface area contributed by atoms with Crippen molar-refractivity contribution in [3.63, 3.8) is 0 Å². The van der Waals surface area contributed by atoms with E-state index in [4.69, 9.17) is 4.74 Å². The SMILES string of the molecule is CC(C)(C)OC(=O)N1CCCC1C(=O)NCc1ccc(Cn2cnc3ccccc32)cc1. The fraction of sp³-hybridized carbons (Fsp3) is 0.400. The number of benzene rings is 2. The fourth-order valence-corrected chi connectivity index (χ4v) is 3.98. The Morgan fingerprint density at radius 2 is 1.81 bits per heavy atom. The number of hydrogen-bond acceptors (Lipinski definition) is 4. The first-order valence-electron chi connectivity index (χ1n) is 11.1. The van der Waals surface area contributed by atoms with Gasteiger partial charge in [-0.3, -0.25) is 9.69 Å². The minimum absolute atomic E-state index is 0.137. The highest BCUT2D eigenvalue weighted by atomic mass is 16.6. The quantitative estimate of drug-likeness (QED) is 0.656. The molecule has 1 fully saturated rings. The minimum atomic E-state index is -0.578. The molecule has 1 atom stereocenters. The van der Waals surface area contributed by atoms with Crippen LogP contribution in [0.4, 0.5) is 4.79 Å². The lowest BCUT2D eigenvalue weighted by Crippen LogP contribution is -2.47. The molecule has 0 bridgehead atoms. The maximum atomic E-state index is 12.7. The van der Waals surface area contributed by atoms with Gasteiger partial charge in [0.05, 0.1) is 17.4 Å². The first-order chi connectivity index (χ1) is 15.3. The summed E-state index contributed by atoms with van der Waals surface area (Å²) in [5.74, 6) is -0.137. The lowest BCUT2D eigenvalue weighted by Gasteiger charge is -2.28. The van der Waals surface area contributed by atoms with E-state index < -0.39 is 17.7 Å². The molecule has 1 aliphatic heterocycles. The Bertz CT molecular complexity index is 1100. The van der Waals surface area contributed by atoms with Gasteiger partial charge in [-0.2, -0.15) is 0 Å². The molecule has 0 spiro atoms. The Balaban J connectivity index is 1.33. The maximum absolute atomic E-state index is 12.7. The third-order valence-electron chi connectivity index (χ3n) is 5.55. The van der Waals surface area contributed by atoms with E-state index in [-0.39, 0.29) is 5.91 Å². The van der Waals surface area contributed by atoms with E-state index in [1.165, 1.54) is 0 Å². The zero-order chi connectivity index (χ0) is 22.7. The van der Waals surface area contributed by atoms with E-state index in [1.807, 2.05) is 57.4 Å². The second-order valence-electron chi connectivity index (χ2n) is 9.23. The van der Waals surface area contributed by atoms with Crippen molar-refractivity contribution in [2.45, 2.75) is 58.3 Å². The van der Waals surface area contributed by atoms with Crippen LogP contribution in [0.1, 0.15) is 44.7 Å². The number of nitrogens with zero attached hydrogens (tertiary/aromatic N) is 3. The molecule has 0 saturated carbocycles. The van der Waals surface area contributed by atoms with Gasteiger partial charge in [-0.15, -0.1) is 0 Å². The molecule has 4 rings (SSSR count). The molecular formula is C25H30N4O3. The minimum Gasteiger partial charge on any atom is -0.444 e. The predicted molar refractivity (Wildman–Crippen MR) is 123 cm³/mol. The van der Waals surface area contributed by atoms with Gasteiger partial charge in [0.25, 0.3) is 0 Å². The number of nitrogens with one attached hydrogen (secondary N) is 1. The molecule has 1 N–H and O–H groups in total. The number of likely N-dealkylation sites (tertiary alicyclic amines) is 1. The summed E-state index contributed by atoms with van der Waals surface area (Å²) in [6, 6.07) is 15.8. The summed E-state index contributed by atoms with van der Waals surface area (Å²) >= 11 is 0. The molecule has 0 radical (unpaired) electrons. The Morgan fingerprint density at radius 3 is 2.56 bits per heavy atom. The van der Waals surface area contributed by atoms with Gasteiger partial charge in [-0.1, -0.05) is 36.4 Å². The van der Waals surface area contributed by atoms with Gasteiger partial charge in [-0.05, 0) is 56.9 Å². The molecule has 2 aromatic carbocycles. The number of carbonyl (C=O) groups is 2. The highest BCUT2D eigenvalue weighted by Crippen LogP contribution is 2.21. The maximum Gasteiger partial charge on any atom is 0.410 e.